The van der Waals surface area contributed by atoms with Crippen molar-refractivity contribution in [3.63, 3.8) is 0 Å². The lowest BCUT2D eigenvalue weighted by Crippen LogP contribution is -2.08. The van der Waals surface area contributed by atoms with Gasteiger partial charge in [0.05, 0.1) is 0 Å². The summed E-state index contributed by atoms with van der Waals surface area (Å²) in [5.74, 6) is 0.684. The Hall–Kier alpha value is -1.97. The highest BCUT2D eigenvalue weighted by molar-refractivity contribution is 5.25. The van der Waals surface area contributed by atoms with Crippen molar-refractivity contribution in [2.45, 2.75) is 13.3 Å². The number of hydrogen-bond donors (Lipinski definition) is 1. The van der Waals surface area contributed by atoms with Crippen molar-refractivity contribution in [1.82, 2.24) is 15.0 Å². The quantitative estimate of drug-likeness (QED) is 0.843. The minimum Gasteiger partial charge on any atom is -0.354 e. The molecule has 0 aliphatic heterocycles. The highest BCUT2D eigenvalue weighted by Crippen LogP contribution is 2.00. The molecule has 0 unspecified atom stereocenters. The van der Waals surface area contributed by atoms with Gasteiger partial charge in [-0.2, -0.15) is 0 Å². The molecule has 2 heterocycles. The van der Waals surface area contributed by atoms with E-state index in [0.717, 1.165) is 18.7 Å². The second-order valence-corrected chi connectivity index (χ2v) is 3.56. The third kappa shape index (κ3) is 3.02. The zero-order chi connectivity index (χ0) is 11.2. The number of aryl methyl sites for hydroxylation is 1. The topological polar surface area (TPSA) is 50.7 Å². The zero-order valence-corrected chi connectivity index (χ0v) is 9.22. The van der Waals surface area contributed by atoms with Crippen LogP contribution >= 0.6 is 0 Å². The molecule has 0 radical (unpaired) electrons. The lowest BCUT2D eigenvalue weighted by Gasteiger charge is -2.04. The van der Waals surface area contributed by atoms with Gasteiger partial charge in [-0.3, -0.25) is 4.98 Å². The second kappa shape index (κ2) is 5.21. The van der Waals surface area contributed by atoms with E-state index in [0.29, 0.717) is 5.95 Å². The molecule has 16 heavy (non-hydrogen) atoms. The highest BCUT2D eigenvalue weighted by Gasteiger charge is 1.96. The molecule has 4 nitrogen and oxygen atoms in total. The first-order valence-electron chi connectivity index (χ1n) is 5.27. The predicted molar refractivity (Wildman–Crippen MR) is 63.2 cm³/mol. The minimum atomic E-state index is 0.684. The largest absolute Gasteiger partial charge is 0.354 e. The Bertz CT molecular complexity index is 442. The van der Waals surface area contributed by atoms with E-state index in [1.807, 2.05) is 25.3 Å². The van der Waals surface area contributed by atoms with Crippen LogP contribution in [0.5, 0.6) is 0 Å². The first-order valence-corrected chi connectivity index (χ1v) is 5.27. The normalized spacial score (nSPS) is 10.1. The van der Waals surface area contributed by atoms with Crippen molar-refractivity contribution in [2.24, 2.45) is 0 Å². The van der Waals surface area contributed by atoms with E-state index in [1.54, 1.807) is 12.4 Å². The fraction of sp³-hybridized carbons (Fsp3) is 0.250. The predicted octanol–water partition coefficient (Wildman–Crippen LogP) is 1.83. The van der Waals surface area contributed by atoms with Crippen LogP contribution in [0.4, 0.5) is 5.95 Å². The molecule has 0 spiro atoms. The van der Waals surface area contributed by atoms with Gasteiger partial charge in [0.2, 0.25) is 5.95 Å². The monoisotopic (exact) mass is 214 g/mol. The third-order valence-corrected chi connectivity index (χ3v) is 2.21. The molecular formula is C12H14N4. The molecule has 0 saturated carbocycles. The molecule has 0 amide bonds. The van der Waals surface area contributed by atoms with E-state index in [-0.39, 0.29) is 0 Å². The van der Waals surface area contributed by atoms with Crippen molar-refractivity contribution >= 4 is 5.95 Å². The molecule has 0 aliphatic rings. The van der Waals surface area contributed by atoms with Gasteiger partial charge in [0.1, 0.15) is 0 Å². The smallest absolute Gasteiger partial charge is 0.222 e. The van der Waals surface area contributed by atoms with Crippen LogP contribution < -0.4 is 5.32 Å². The molecule has 0 atom stereocenters. The van der Waals surface area contributed by atoms with Crippen LogP contribution in [0, 0.1) is 6.92 Å². The number of hydrogen-bond acceptors (Lipinski definition) is 4. The van der Waals surface area contributed by atoms with Crippen LogP contribution in [-0.2, 0) is 6.42 Å². The third-order valence-electron chi connectivity index (χ3n) is 2.21. The van der Waals surface area contributed by atoms with Crippen LogP contribution in [0.1, 0.15) is 11.3 Å². The summed E-state index contributed by atoms with van der Waals surface area (Å²) in [6, 6.07) is 5.89. The van der Waals surface area contributed by atoms with Gasteiger partial charge < -0.3 is 5.32 Å². The molecule has 4 heteroatoms. The molecule has 0 aliphatic carbocycles. The summed E-state index contributed by atoms with van der Waals surface area (Å²) in [5.41, 5.74) is 2.18. The van der Waals surface area contributed by atoms with E-state index < -0.39 is 0 Å². The maximum Gasteiger partial charge on any atom is 0.222 e. The summed E-state index contributed by atoms with van der Waals surface area (Å²) in [7, 11) is 0. The van der Waals surface area contributed by atoms with Gasteiger partial charge in [0.25, 0.3) is 0 Å². The summed E-state index contributed by atoms with van der Waals surface area (Å²) < 4.78 is 0. The summed E-state index contributed by atoms with van der Waals surface area (Å²) in [4.78, 5) is 12.5. The number of rotatable bonds is 4. The molecule has 2 aromatic heterocycles. The van der Waals surface area contributed by atoms with Gasteiger partial charge in [0, 0.05) is 30.8 Å². The zero-order valence-electron chi connectivity index (χ0n) is 9.22. The van der Waals surface area contributed by atoms with Crippen molar-refractivity contribution in [2.75, 3.05) is 11.9 Å². The molecule has 82 valence electrons. The first-order chi connectivity index (χ1) is 7.84. The lowest BCUT2D eigenvalue weighted by atomic mass is 10.2. The summed E-state index contributed by atoms with van der Waals surface area (Å²) >= 11 is 0. The SMILES string of the molecule is Cc1ccnc(NCCc2cccnc2)n1. The van der Waals surface area contributed by atoms with E-state index in [1.165, 1.54) is 5.56 Å². The lowest BCUT2D eigenvalue weighted by molar-refractivity contribution is 0.966. The Morgan fingerprint density at radius 1 is 1.25 bits per heavy atom. The van der Waals surface area contributed by atoms with Crippen LogP contribution in [0.3, 0.4) is 0 Å². The summed E-state index contributed by atoms with van der Waals surface area (Å²) in [6.07, 6.45) is 6.33. The van der Waals surface area contributed by atoms with Gasteiger partial charge >= 0.3 is 0 Å². The second-order valence-electron chi connectivity index (χ2n) is 3.56. The van der Waals surface area contributed by atoms with Crippen molar-refractivity contribution in [3.8, 4) is 0 Å². The summed E-state index contributed by atoms with van der Waals surface area (Å²) in [6.45, 7) is 2.77. The fourth-order valence-corrected chi connectivity index (χ4v) is 1.40. The molecule has 0 aromatic carbocycles. The number of nitrogens with one attached hydrogen (secondary N) is 1. The minimum absolute atomic E-state index is 0.684. The van der Waals surface area contributed by atoms with Crippen LogP contribution in [-0.4, -0.2) is 21.5 Å². The molecule has 0 fully saturated rings. The van der Waals surface area contributed by atoms with Crippen LogP contribution in [0.15, 0.2) is 36.8 Å². The fourth-order valence-electron chi connectivity index (χ4n) is 1.40. The molecule has 1 N–H and O–H groups in total. The van der Waals surface area contributed by atoms with Gasteiger partial charge in [-0.05, 0) is 31.0 Å². The maximum absolute atomic E-state index is 4.27. The molecule has 2 rings (SSSR count). The Labute approximate surface area is 94.8 Å². The maximum atomic E-state index is 4.27. The average molecular weight is 214 g/mol. The Morgan fingerprint density at radius 2 is 2.19 bits per heavy atom. The van der Waals surface area contributed by atoms with Crippen molar-refractivity contribution < 1.29 is 0 Å². The molecule has 0 saturated heterocycles. The number of nitrogens with zero attached hydrogens (tertiary/aromatic N) is 3. The van der Waals surface area contributed by atoms with E-state index in [9.17, 15) is 0 Å². The van der Waals surface area contributed by atoms with Gasteiger partial charge in [-0.15, -0.1) is 0 Å². The summed E-state index contributed by atoms with van der Waals surface area (Å²) in [5, 5.41) is 3.18. The number of anilines is 1. The molecule has 2 aromatic rings. The average Bonchev–Trinajstić information content (AvgIpc) is 2.30. The van der Waals surface area contributed by atoms with Crippen LogP contribution in [0.2, 0.25) is 0 Å². The number of pyridine rings is 1. The van der Waals surface area contributed by atoms with E-state index in [4.69, 9.17) is 0 Å². The van der Waals surface area contributed by atoms with E-state index >= 15 is 0 Å². The number of aromatic nitrogens is 3. The van der Waals surface area contributed by atoms with Gasteiger partial charge in [-0.1, -0.05) is 6.07 Å². The Kier molecular flexibility index (Phi) is 3.43. The molecule has 0 bridgehead atoms. The Morgan fingerprint density at radius 3 is 2.94 bits per heavy atom. The Balaban J connectivity index is 1.85. The van der Waals surface area contributed by atoms with E-state index in [2.05, 4.69) is 26.3 Å². The highest BCUT2D eigenvalue weighted by atomic mass is 15.1. The van der Waals surface area contributed by atoms with Crippen molar-refractivity contribution in [3.05, 3.63) is 48.0 Å². The van der Waals surface area contributed by atoms with Gasteiger partial charge in [0.15, 0.2) is 0 Å². The first kappa shape index (κ1) is 10.5. The molecular weight excluding hydrogens is 200 g/mol. The van der Waals surface area contributed by atoms with Crippen LogP contribution in [0.25, 0.3) is 0 Å². The standard InChI is InChI=1S/C12H14N4/c1-10-4-7-14-12(16-10)15-8-5-11-3-2-6-13-9-11/h2-4,6-7,9H,5,8H2,1H3,(H,14,15,16). The van der Waals surface area contributed by atoms with Crippen molar-refractivity contribution in [1.29, 1.82) is 0 Å². The van der Waals surface area contributed by atoms with Gasteiger partial charge in [-0.25, -0.2) is 9.97 Å².